The van der Waals surface area contributed by atoms with E-state index in [2.05, 4.69) is 5.32 Å². The van der Waals surface area contributed by atoms with Crippen molar-refractivity contribution in [3.63, 3.8) is 0 Å². The van der Waals surface area contributed by atoms with Crippen molar-refractivity contribution in [2.45, 2.75) is 39.3 Å². The smallest absolute Gasteiger partial charge is 0.326 e. The summed E-state index contributed by atoms with van der Waals surface area (Å²) in [6, 6.07) is 14.6. The van der Waals surface area contributed by atoms with E-state index >= 15 is 0 Å². The molecule has 0 spiro atoms. The van der Waals surface area contributed by atoms with Gasteiger partial charge in [-0.3, -0.25) is 4.79 Å². The van der Waals surface area contributed by atoms with Gasteiger partial charge >= 0.3 is 5.97 Å². The summed E-state index contributed by atoms with van der Waals surface area (Å²) in [6.45, 7) is 5.27. The van der Waals surface area contributed by atoms with Crippen LogP contribution in [0.25, 0.3) is 11.1 Å². The van der Waals surface area contributed by atoms with Crippen LogP contribution in [0.5, 0.6) is 5.75 Å². The fourth-order valence-electron chi connectivity index (χ4n) is 2.54. The van der Waals surface area contributed by atoms with E-state index in [0.717, 1.165) is 22.4 Å². The van der Waals surface area contributed by atoms with Crippen molar-refractivity contribution in [1.82, 2.24) is 5.32 Å². The van der Waals surface area contributed by atoms with Crippen LogP contribution in [0.15, 0.2) is 48.5 Å². The second kappa shape index (κ2) is 8.33. The average molecular weight is 341 g/mol. The molecule has 2 aromatic rings. The Morgan fingerprint density at radius 1 is 1.08 bits per heavy atom. The Kier molecular flexibility index (Phi) is 6.17. The molecule has 5 nitrogen and oxygen atoms in total. The molecule has 0 radical (unpaired) electrons. The van der Waals surface area contributed by atoms with E-state index < -0.39 is 12.0 Å². The number of carboxylic acid groups (broad SMARTS) is 1. The topological polar surface area (TPSA) is 75.6 Å². The van der Waals surface area contributed by atoms with Crippen LogP contribution in [-0.2, 0) is 16.0 Å². The fraction of sp³-hybridized carbons (Fsp3) is 0.300. The summed E-state index contributed by atoms with van der Waals surface area (Å²) < 4.78 is 5.71. The normalized spacial score (nSPS) is 11.8. The van der Waals surface area contributed by atoms with Gasteiger partial charge in [-0.05, 0) is 42.7 Å². The molecule has 2 N–H and O–H groups in total. The Morgan fingerprint density at radius 3 is 2.32 bits per heavy atom. The monoisotopic (exact) mass is 341 g/mol. The lowest BCUT2D eigenvalue weighted by molar-refractivity contribution is -0.141. The van der Waals surface area contributed by atoms with Gasteiger partial charge in [0.05, 0.1) is 6.10 Å². The quantitative estimate of drug-likeness (QED) is 0.810. The number of aliphatic carboxylic acids is 1. The van der Waals surface area contributed by atoms with Gasteiger partial charge in [0, 0.05) is 13.3 Å². The van der Waals surface area contributed by atoms with Gasteiger partial charge in [0.15, 0.2) is 0 Å². The molecule has 0 aliphatic carbocycles. The van der Waals surface area contributed by atoms with Crippen LogP contribution < -0.4 is 10.1 Å². The molecule has 2 rings (SSSR count). The first-order valence-electron chi connectivity index (χ1n) is 8.21. The predicted octanol–water partition coefficient (Wildman–Crippen LogP) is 3.27. The van der Waals surface area contributed by atoms with Crippen molar-refractivity contribution in [1.29, 1.82) is 0 Å². The number of hydrogen-bond donors (Lipinski definition) is 2. The highest BCUT2D eigenvalue weighted by atomic mass is 16.5. The predicted molar refractivity (Wildman–Crippen MR) is 96.6 cm³/mol. The first-order chi connectivity index (χ1) is 11.8. The summed E-state index contributed by atoms with van der Waals surface area (Å²) in [5, 5.41) is 11.6. The lowest BCUT2D eigenvalue weighted by atomic mass is 10.0. The Labute approximate surface area is 147 Å². The number of benzene rings is 2. The molecule has 0 aliphatic heterocycles. The van der Waals surface area contributed by atoms with Gasteiger partial charge in [-0.25, -0.2) is 4.79 Å². The first-order valence-corrected chi connectivity index (χ1v) is 8.21. The molecule has 0 saturated heterocycles. The maximum Gasteiger partial charge on any atom is 0.326 e. The number of amides is 1. The van der Waals surface area contributed by atoms with Crippen LogP contribution in [0.4, 0.5) is 0 Å². The number of nitrogens with one attached hydrogen (secondary N) is 1. The number of carbonyl (C=O) groups excluding carboxylic acids is 1. The van der Waals surface area contributed by atoms with E-state index in [1.54, 1.807) is 0 Å². The second-order valence-corrected chi connectivity index (χ2v) is 6.19. The summed E-state index contributed by atoms with van der Waals surface area (Å²) in [4.78, 5) is 22.3. The number of carboxylic acids is 1. The van der Waals surface area contributed by atoms with Crippen molar-refractivity contribution in [3.05, 3.63) is 54.1 Å². The van der Waals surface area contributed by atoms with Gasteiger partial charge in [0.2, 0.25) is 5.91 Å². The van der Waals surface area contributed by atoms with Crippen molar-refractivity contribution in [3.8, 4) is 16.9 Å². The van der Waals surface area contributed by atoms with Gasteiger partial charge in [-0.2, -0.15) is 0 Å². The van der Waals surface area contributed by atoms with E-state index in [-0.39, 0.29) is 18.4 Å². The van der Waals surface area contributed by atoms with Crippen LogP contribution in [0.3, 0.4) is 0 Å². The molecule has 132 valence electrons. The zero-order valence-corrected chi connectivity index (χ0v) is 14.7. The van der Waals surface area contributed by atoms with E-state index in [9.17, 15) is 14.7 Å². The van der Waals surface area contributed by atoms with Crippen molar-refractivity contribution < 1.29 is 19.4 Å². The molecule has 0 bridgehead atoms. The van der Waals surface area contributed by atoms with Crippen molar-refractivity contribution >= 4 is 11.9 Å². The average Bonchev–Trinajstić information content (AvgIpc) is 2.54. The van der Waals surface area contributed by atoms with Crippen LogP contribution in [-0.4, -0.2) is 29.1 Å². The minimum absolute atomic E-state index is 0.111. The number of hydrogen-bond acceptors (Lipinski definition) is 3. The molecule has 0 fully saturated rings. The summed E-state index contributed by atoms with van der Waals surface area (Å²) >= 11 is 0. The second-order valence-electron chi connectivity index (χ2n) is 6.19. The molecule has 1 atom stereocenters. The highest BCUT2D eigenvalue weighted by Gasteiger charge is 2.18. The van der Waals surface area contributed by atoms with Crippen LogP contribution in [0.1, 0.15) is 26.3 Å². The third kappa shape index (κ3) is 5.64. The summed E-state index contributed by atoms with van der Waals surface area (Å²) in [6.07, 6.45) is 0.352. The van der Waals surface area contributed by atoms with Gasteiger partial charge in [-0.15, -0.1) is 0 Å². The Balaban J connectivity index is 2.14. The van der Waals surface area contributed by atoms with E-state index in [1.807, 2.05) is 62.4 Å². The first kappa shape index (κ1) is 18.5. The van der Waals surface area contributed by atoms with E-state index in [1.165, 1.54) is 6.92 Å². The Hall–Kier alpha value is -2.82. The third-order valence-electron chi connectivity index (χ3n) is 3.61. The summed E-state index contributed by atoms with van der Waals surface area (Å²) in [5.41, 5.74) is 2.89. The van der Waals surface area contributed by atoms with Gasteiger partial charge in [0.25, 0.3) is 0 Å². The third-order valence-corrected chi connectivity index (χ3v) is 3.61. The molecular formula is C20H23NO4. The Bertz CT molecular complexity index is 738. The molecule has 0 heterocycles. The molecule has 0 aliphatic rings. The van der Waals surface area contributed by atoms with Crippen LogP contribution >= 0.6 is 0 Å². The lowest BCUT2D eigenvalue weighted by Crippen LogP contribution is -2.41. The maximum absolute atomic E-state index is 11.2. The molecular weight excluding hydrogens is 318 g/mol. The highest BCUT2D eigenvalue weighted by molar-refractivity contribution is 5.82. The zero-order chi connectivity index (χ0) is 18.4. The lowest BCUT2D eigenvalue weighted by Gasteiger charge is -2.14. The maximum atomic E-state index is 11.2. The number of carbonyl (C=O) groups is 2. The highest BCUT2D eigenvalue weighted by Crippen LogP contribution is 2.25. The molecule has 5 heteroatoms. The van der Waals surface area contributed by atoms with Crippen molar-refractivity contribution in [2.75, 3.05) is 0 Å². The SMILES string of the molecule is CC(=O)N[C@@H](Cc1ccc(-c2cccc(OC(C)C)c2)cc1)C(=O)O. The minimum atomic E-state index is -1.04. The number of ether oxygens (including phenoxy) is 1. The molecule has 0 aromatic heterocycles. The van der Waals surface area contributed by atoms with Crippen LogP contribution in [0.2, 0.25) is 0 Å². The molecule has 2 aromatic carbocycles. The molecule has 1 amide bonds. The molecule has 0 saturated carbocycles. The van der Waals surface area contributed by atoms with E-state index in [0.29, 0.717) is 0 Å². The molecule has 25 heavy (non-hydrogen) atoms. The van der Waals surface area contributed by atoms with Gasteiger partial charge in [-0.1, -0.05) is 36.4 Å². The minimum Gasteiger partial charge on any atom is -0.491 e. The van der Waals surface area contributed by atoms with E-state index in [4.69, 9.17) is 4.74 Å². The van der Waals surface area contributed by atoms with Gasteiger partial charge < -0.3 is 15.2 Å². The fourth-order valence-corrected chi connectivity index (χ4v) is 2.54. The van der Waals surface area contributed by atoms with Gasteiger partial charge in [0.1, 0.15) is 11.8 Å². The van der Waals surface area contributed by atoms with Crippen molar-refractivity contribution in [2.24, 2.45) is 0 Å². The standard InChI is InChI=1S/C20H23NO4/c1-13(2)25-18-6-4-5-17(12-18)16-9-7-15(8-10-16)11-19(20(23)24)21-14(3)22/h4-10,12-13,19H,11H2,1-3H3,(H,21,22)(H,23,24)/t19-/m0/s1. The summed E-state index contributed by atoms with van der Waals surface area (Å²) in [5.74, 6) is -0.586. The Morgan fingerprint density at radius 2 is 1.76 bits per heavy atom. The largest absolute Gasteiger partial charge is 0.491 e. The summed E-state index contributed by atoms with van der Waals surface area (Å²) in [7, 11) is 0. The zero-order valence-electron chi connectivity index (χ0n) is 14.7. The van der Waals surface area contributed by atoms with Crippen LogP contribution in [0, 0.1) is 0 Å². The number of rotatable bonds is 7. The molecule has 0 unspecified atom stereocenters.